The van der Waals surface area contributed by atoms with Crippen LogP contribution in [0.1, 0.15) is 72.1 Å². The first-order valence-electron chi connectivity index (χ1n) is 10.4. The van der Waals surface area contributed by atoms with Crippen LogP contribution in [0.5, 0.6) is 5.75 Å². The summed E-state index contributed by atoms with van der Waals surface area (Å²) in [4.78, 5) is 1.92. The maximum atomic E-state index is 12.9. The molecule has 1 atom stereocenters. The Bertz CT molecular complexity index is 688. The highest BCUT2D eigenvalue weighted by Crippen LogP contribution is 2.38. The predicted octanol–water partition coefficient (Wildman–Crippen LogP) is 7.21. The van der Waals surface area contributed by atoms with Gasteiger partial charge in [-0.3, -0.25) is 4.90 Å². The Balaban J connectivity index is 0. The molecule has 172 valence electrons. The van der Waals surface area contributed by atoms with Crippen molar-refractivity contribution in [2.24, 2.45) is 5.73 Å². The van der Waals surface area contributed by atoms with Crippen LogP contribution in [-0.4, -0.2) is 23.6 Å². The molecule has 0 radical (unpaired) electrons. The number of phenolic OH excluding ortho intramolecular Hbond substituents is 1. The minimum Gasteiger partial charge on any atom is -0.508 e. The summed E-state index contributed by atoms with van der Waals surface area (Å²) in [6.07, 6.45) is 4.00. The summed E-state index contributed by atoms with van der Waals surface area (Å²) in [5.41, 5.74) is 6.79. The standard InChI is InChI=1S/C20H27F3N2O.2C2H6/c1-5-6-7-8-14(2)19(25(4)12-11-15(3)24)17-10-9-16(13-18(17)26)20(21,22)23;2*1-2/h6-11,13,19,26H,5,12,24H2,1-4H3;2*1-2H3/b7-6-,14-8+,15-11+;;. The van der Waals surface area contributed by atoms with Gasteiger partial charge in [0.2, 0.25) is 0 Å². The van der Waals surface area contributed by atoms with Gasteiger partial charge in [-0.2, -0.15) is 13.2 Å². The van der Waals surface area contributed by atoms with Crippen LogP contribution in [-0.2, 0) is 6.18 Å². The number of allylic oxidation sites excluding steroid dienone is 4. The third-order valence-corrected chi connectivity index (χ3v) is 3.96. The van der Waals surface area contributed by atoms with Gasteiger partial charge in [0.1, 0.15) is 5.75 Å². The molecule has 0 saturated heterocycles. The summed E-state index contributed by atoms with van der Waals surface area (Å²) < 4.78 is 38.6. The zero-order chi connectivity index (χ0) is 23.9. The second-order valence-electron chi connectivity index (χ2n) is 6.31. The number of nitrogens with two attached hydrogens (primary N) is 1. The molecule has 0 heterocycles. The van der Waals surface area contributed by atoms with Crippen molar-refractivity contribution in [3.8, 4) is 5.75 Å². The van der Waals surface area contributed by atoms with Gasteiger partial charge in [0.25, 0.3) is 0 Å². The van der Waals surface area contributed by atoms with E-state index in [2.05, 4.69) is 0 Å². The maximum Gasteiger partial charge on any atom is 0.416 e. The van der Waals surface area contributed by atoms with Crippen LogP contribution in [0.3, 0.4) is 0 Å². The van der Waals surface area contributed by atoms with Crippen molar-refractivity contribution in [1.82, 2.24) is 4.90 Å². The largest absolute Gasteiger partial charge is 0.508 e. The van der Waals surface area contributed by atoms with Gasteiger partial charge in [-0.1, -0.05) is 70.6 Å². The number of aromatic hydroxyl groups is 1. The van der Waals surface area contributed by atoms with Gasteiger partial charge in [0.05, 0.1) is 11.6 Å². The molecule has 1 aromatic rings. The van der Waals surface area contributed by atoms with Crippen LogP contribution < -0.4 is 5.73 Å². The monoisotopic (exact) mass is 428 g/mol. The number of benzene rings is 1. The zero-order valence-electron chi connectivity index (χ0n) is 19.6. The fraction of sp³-hybridized carbons (Fsp3) is 0.500. The zero-order valence-corrected chi connectivity index (χ0v) is 19.6. The molecule has 3 N–H and O–H groups in total. The van der Waals surface area contributed by atoms with Crippen molar-refractivity contribution in [3.63, 3.8) is 0 Å². The number of nitrogens with zero attached hydrogens (tertiary/aromatic N) is 1. The van der Waals surface area contributed by atoms with E-state index in [9.17, 15) is 18.3 Å². The third kappa shape index (κ3) is 10.5. The van der Waals surface area contributed by atoms with E-state index in [0.717, 1.165) is 24.1 Å². The Hall–Kier alpha value is -2.21. The molecular weight excluding hydrogens is 389 g/mol. The third-order valence-electron chi connectivity index (χ3n) is 3.96. The molecule has 0 aliphatic heterocycles. The molecule has 1 aromatic carbocycles. The van der Waals surface area contributed by atoms with Crippen molar-refractivity contribution >= 4 is 0 Å². The normalized spacial score (nSPS) is 13.5. The van der Waals surface area contributed by atoms with Crippen LogP contribution >= 0.6 is 0 Å². The quantitative estimate of drug-likeness (QED) is 0.451. The minimum absolute atomic E-state index is 0.377. The summed E-state index contributed by atoms with van der Waals surface area (Å²) in [5, 5.41) is 10.3. The lowest BCUT2D eigenvalue weighted by Crippen LogP contribution is -2.26. The average molecular weight is 429 g/mol. The van der Waals surface area contributed by atoms with Gasteiger partial charge >= 0.3 is 6.18 Å². The van der Waals surface area contributed by atoms with E-state index in [-0.39, 0.29) is 11.8 Å². The molecule has 1 unspecified atom stereocenters. The SMILES string of the molecule is CC.CC.CC/C=C\C=C(/C)C(c1ccc(C(F)(F)F)cc1O)N(C)C/C=C(\C)N. The molecular formula is C24H39F3N2O. The van der Waals surface area contributed by atoms with Gasteiger partial charge in [-0.25, -0.2) is 0 Å². The molecule has 1 rings (SSSR count). The van der Waals surface area contributed by atoms with Gasteiger partial charge in [-0.15, -0.1) is 0 Å². The van der Waals surface area contributed by atoms with Crippen LogP contribution in [0, 0.1) is 0 Å². The number of phenols is 1. The van der Waals surface area contributed by atoms with E-state index in [0.29, 0.717) is 17.8 Å². The van der Waals surface area contributed by atoms with Crippen molar-refractivity contribution in [1.29, 1.82) is 0 Å². The molecule has 6 heteroatoms. The second kappa shape index (κ2) is 15.6. The predicted molar refractivity (Wildman–Crippen MR) is 122 cm³/mol. The molecule has 0 saturated carbocycles. The van der Waals surface area contributed by atoms with E-state index in [1.165, 1.54) is 6.07 Å². The van der Waals surface area contributed by atoms with Crippen LogP contribution in [0.25, 0.3) is 0 Å². The van der Waals surface area contributed by atoms with Crippen molar-refractivity contribution in [3.05, 3.63) is 64.9 Å². The summed E-state index contributed by atoms with van der Waals surface area (Å²) in [6.45, 7) is 14.2. The molecule has 0 bridgehead atoms. The van der Waals surface area contributed by atoms with Gasteiger partial charge < -0.3 is 10.8 Å². The lowest BCUT2D eigenvalue weighted by Gasteiger charge is -2.29. The van der Waals surface area contributed by atoms with E-state index in [1.54, 1.807) is 6.92 Å². The molecule has 0 spiro atoms. The van der Waals surface area contributed by atoms with Crippen molar-refractivity contribution < 1.29 is 18.3 Å². The fourth-order valence-corrected chi connectivity index (χ4v) is 2.62. The van der Waals surface area contributed by atoms with Crippen LogP contribution in [0.2, 0.25) is 0 Å². The molecule has 0 aliphatic carbocycles. The molecule has 0 fully saturated rings. The molecule has 0 amide bonds. The fourth-order valence-electron chi connectivity index (χ4n) is 2.62. The Kier molecular flexibility index (Phi) is 15.6. The van der Waals surface area contributed by atoms with E-state index in [4.69, 9.17) is 5.73 Å². The minimum atomic E-state index is -4.49. The first-order chi connectivity index (χ1) is 14.1. The Morgan fingerprint density at radius 2 is 1.73 bits per heavy atom. The summed E-state index contributed by atoms with van der Waals surface area (Å²) in [6, 6.07) is 2.72. The number of rotatable bonds is 7. The summed E-state index contributed by atoms with van der Waals surface area (Å²) in [7, 11) is 1.84. The van der Waals surface area contributed by atoms with Crippen molar-refractivity contribution in [2.75, 3.05) is 13.6 Å². The van der Waals surface area contributed by atoms with E-state index >= 15 is 0 Å². The first-order valence-corrected chi connectivity index (χ1v) is 10.4. The number of hydrogen-bond donors (Lipinski definition) is 2. The Morgan fingerprint density at radius 3 is 2.17 bits per heavy atom. The highest BCUT2D eigenvalue weighted by atomic mass is 19.4. The second-order valence-corrected chi connectivity index (χ2v) is 6.31. The number of likely N-dealkylation sites (N-methyl/N-ethyl adjacent to an activating group) is 1. The summed E-state index contributed by atoms with van der Waals surface area (Å²) in [5.74, 6) is -0.377. The smallest absolute Gasteiger partial charge is 0.416 e. The average Bonchev–Trinajstić information content (AvgIpc) is 2.70. The highest BCUT2D eigenvalue weighted by molar-refractivity contribution is 5.43. The maximum absolute atomic E-state index is 12.9. The van der Waals surface area contributed by atoms with Gasteiger partial charge in [0.15, 0.2) is 0 Å². The Morgan fingerprint density at radius 1 is 1.17 bits per heavy atom. The van der Waals surface area contributed by atoms with Crippen LogP contribution in [0.15, 0.2) is 53.8 Å². The molecule has 0 aliphatic rings. The summed E-state index contributed by atoms with van der Waals surface area (Å²) >= 11 is 0. The lowest BCUT2D eigenvalue weighted by molar-refractivity contribution is -0.137. The van der Waals surface area contributed by atoms with E-state index < -0.39 is 11.7 Å². The highest BCUT2D eigenvalue weighted by Gasteiger charge is 2.32. The molecule has 3 nitrogen and oxygen atoms in total. The Labute approximate surface area is 180 Å². The van der Waals surface area contributed by atoms with Crippen molar-refractivity contribution in [2.45, 2.75) is 67.1 Å². The molecule has 0 aromatic heterocycles. The van der Waals surface area contributed by atoms with E-state index in [1.807, 2.05) is 77.8 Å². The molecule has 30 heavy (non-hydrogen) atoms. The number of hydrogen-bond acceptors (Lipinski definition) is 3. The van der Waals surface area contributed by atoms with Gasteiger partial charge in [0, 0.05) is 17.8 Å². The lowest BCUT2D eigenvalue weighted by atomic mass is 9.95. The first kappa shape index (κ1) is 30.0. The number of alkyl halides is 3. The van der Waals surface area contributed by atoms with Gasteiger partial charge in [-0.05, 0) is 39.4 Å². The topological polar surface area (TPSA) is 49.5 Å². The number of halogens is 3. The van der Waals surface area contributed by atoms with Crippen LogP contribution in [0.4, 0.5) is 13.2 Å².